The standard InChI is InChI=1S/C29H26BrF2N7O2/c1-17-22(18(2)39(35-17)25-9-8-21(31)12-23(25)32)13-29(40)38-10-4-7-26(38)24-15-37(36-34-24)16-28-33-14-27(41-28)19-5-3-6-20(30)11-19/h3,5-6,8-9,11-12,14-15,26H,4,7,10,13,16H2,1-2H3. The van der Waals surface area contributed by atoms with E-state index in [2.05, 4.69) is 36.3 Å². The van der Waals surface area contributed by atoms with Crippen LogP contribution in [-0.2, 0) is 17.8 Å². The molecule has 1 fully saturated rings. The molecule has 2 aromatic carbocycles. The molecular formula is C29H26BrF2N7O2. The second-order valence-corrected chi connectivity index (χ2v) is 11.0. The summed E-state index contributed by atoms with van der Waals surface area (Å²) in [5.74, 6) is -0.295. The zero-order valence-electron chi connectivity index (χ0n) is 22.4. The third-order valence-corrected chi connectivity index (χ3v) is 7.83. The smallest absolute Gasteiger partial charge is 0.227 e. The number of hydrogen-bond donors (Lipinski definition) is 0. The lowest BCUT2D eigenvalue weighted by molar-refractivity contribution is -0.131. The first-order chi connectivity index (χ1) is 19.8. The summed E-state index contributed by atoms with van der Waals surface area (Å²) in [6, 6.07) is 10.9. The number of oxazole rings is 1. The lowest BCUT2D eigenvalue weighted by atomic mass is 10.1. The van der Waals surface area contributed by atoms with Crippen LogP contribution in [0.1, 0.15) is 47.4 Å². The predicted octanol–water partition coefficient (Wildman–Crippen LogP) is 5.73. The maximum absolute atomic E-state index is 14.4. The largest absolute Gasteiger partial charge is 0.439 e. The number of halogens is 3. The molecule has 41 heavy (non-hydrogen) atoms. The van der Waals surface area contributed by atoms with Crippen molar-refractivity contribution < 1.29 is 18.0 Å². The molecule has 1 aliphatic rings. The van der Waals surface area contributed by atoms with Crippen LogP contribution in [-0.4, -0.2) is 47.1 Å². The molecule has 1 atom stereocenters. The lowest BCUT2D eigenvalue weighted by Crippen LogP contribution is -2.32. The summed E-state index contributed by atoms with van der Waals surface area (Å²) < 4.78 is 37.8. The van der Waals surface area contributed by atoms with E-state index in [1.807, 2.05) is 35.4 Å². The molecule has 5 aromatic rings. The quantitative estimate of drug-likeness (QED) is 0.230. The van der Waals surface area contributed by atoms with Gasteiger partial charge in [-0.2, -0.15) is 5.10 Å². The van der Waals surface area contributed by atoms with Crippen molar-refractivity contribution in [1.82, 2.24) is 34.7 Å². The highest BCUT2D eigenvalue weighted by Crippen LogP contribution is 2.32. The minimum absolute atomic E-state index is 0.0706. The van der Waals surface area contributed by atoms with Crippen molar-refractivity contribution >= 4 is 21.8 Å². The first kappa shape index (κ1) is 27.0. The van der Waals surface area contributed by atoms with E-state index in [9.17, 15) is 13.6 Å². The molecule has 0 N–H and O–H groups in total. The Balaban J connectivity index is 1.16. The van der Waals surface area contributed by atoms with E-state index in [4.69, 9.17) is 4.42 Å². The Morgan fingerprint density at radius 3 is 2.83 bits per heavy atom. The van der Waals surface area contributed by atoms with Gasteiger partial charge in [-0.25, -0.2) is 23.1 Å². The van der Waals surface area contributed by atoms with Crippen LogP contribution in [0, 0.1) is 25.5 Å². The molecule has 6 rings (SSSR count). The van der Waals surface area contributed by atoms with Gasteiger partial charge in [-0.3, -0.25) is 4.79 Å². The number of aromatic nitrogens is 6. The van der Waals surface area contributed by atoms with Gasteiger partial charge in [-0.1, -0.05) is 33.3 Å². The molecule has 1 aliphatic heterocycles. The van der Waals surface area contributed by atoms with Crippen molar-refractivity contribution in [3.05, 3.63) is 99.5 Å². The summed E-state index contributed by atoms with van der Waals surface area (Å²) in [5.41, 5.74) is 3.73. The maximum Gasteiger partial charge on any atom is 0.227 e. The first-order valence-electron chi connectivity index (χ1n) is 13.2. The van der Waals surface area contributed by atoms with Crippen LogP contribution < -0.4 is 0 Å². The molecule has 1 unspecified atom stereocenters. The zero-order valence-corrected chi connectivity index (χ0v) is 24.0. The van der Waals surface area contributed by atoms with Gasteiger partial charge in [0.25, 0.3) is 0 Å². The summed E-state index contributed by atoms with van der Waals surface area (Å²) in [5, 5.41) is 13.1. The van der Waals surface area contributed by atoms with Crippen molar-refractivity contribution in [3.63, 3.8) is 0 Å². The molecule has 12 heteroatoms. The maximum atomic E-state index is 14.4. The first-order valence-corrected chi connectivity index (χ1v) is 14.0. The Morgan fingerprint density at radius 1 is 1.17 bits per heavy atom. The summed E-state index contributed by atoms with van der Waals surface area (Å²) in [7, 11) is 0. The number of benzene rings is 2. The third kappa shape index (κ3) is 5.43. The summed E-state index contributed by atoms with van der Waals surface area (Å²) in [6.07, 6.45) is 5.24. The number of amides is 1. The Labute approximate surface area is 242 Å². The molecule has 0 radical (unpaired) electrons. The van der Waals surface area contributed by atoms with E-state index in [0.29, 0.717) is 41.8 Å². The van der Waals surface area contributed by atoms with Crippen LogP contribution in [0.3, 0.4) is 0 Å². The molecular weight excluding hydrogens is 596 g/mol. The minimum atomic E-state index is -0.717. The second kappa shape index (κ2) is 11.0. The van der Waals surface area contributed by atoms with Crippen LogP contribution >= 0.6 is 15.9 Å². The van der Waals surface area contributed by atoms with Gasteiger partial charge in [0.05, 0.1) is 30.6 Å². The second-order valence-electron chi connectivity index (χ2n) is 10.0. The lowest BCUT2D eigenvalue weighted by Gasteiger charge is -2.23. The van der Waals surface area contributed by atoms with Gasteiger partial charge >= 0.3 is 0 Å². The molecule has 0 saturated carbocycles. The number of carbonyl (C=O) groups excluding carboxylic acids is 1. The molecule has 1 saturated heterocycles. The SMILES string of the molecule is Cc1nn(-c2ccc(F)cc2F)c(C)c1CC(=O)N1CCCC1c1cn(Cc2ncc(-c3cccc(Br)c3)o2)nn1. The molecule has 9 nitrogen and oxygen atoms in total. The van der Waals surface area contributed by atoms with Gasteiger partial charge in [-0.15, -0.1) is 5.10 Å². The van der Waals surface area contributed by atoms with Crippen molar-refractivity contribution in [3.8, 4) is 17.0 Å². The van der Waals surface area contributed by atoms with E-state index in [-0.39, 0.29) is 24.1 Å². The van der Waals surface area contributed by atoms with Crippen LogP contribution in [0.15, 0.2) is 63.7 Å². The summed E-state index contributed by atoms with van der Waals surface area (Å²) >= 11 is 3.47. The number of hydrogen-bond acceptors (Lipinski definition) is 6. The van der Waals surface area contributed by atoms with E-state index in [0.717, 1.165) is 34.5 Å². The van der Waals surface area contributed by atoms with Crippen molar-refractivity contribution in [2.24, 2.45) is 0 Å². The molecule has 0 bridgehead atoms. The average molecular weight is 622 g/mol. The highest BCUT2D eigenvalue weighted by Gasteiger charge is 2.33. The molecule has 210 valence electrons. The van der Waals surface area contributed by atoms with Gasteiger partial charge in [-0.05, 0) is 51.0 Å². The molecule has 4 heterocycles. The topological polar surface area (TPSA) is 94.9 Å². The van der Waals surface area contributed by atoms with Gasteiger partial charge < -0.3 is 9.32 Å². The van der Waals surface area contributed by atoms with E-state index >= 15 is 0 Å². The molecule has 1 amide bonds. The predicted molar refractivity (Wildman–Crippen MR) is 149 cm³/mol. The van der Waals surface area contributed by atoms with Crippen molar-refractivity contribution in [2.75, 3.05) is 6.54 Å². The Morgan fingerprint density at radius 2 is 2.02 bits per heavy atom. The zero-order chi connectivity index (χ0) is 28.7. The Bertz CT molecular complexity index is 1740. The summed E-state index contributed by atoms with van der Waals surface area (Å²) in [4.78, 5) is 19.7. The average Bonchev–Trinajstić information content (AvgIpc) is 3.74. The summed E-state index contributed by atoms with van der Waals surface area (Å²) in [6.45, 7) is 4.47. The fourth-order valence-corrected chi connectivity index (χ4v) is 5.68. The van der Waals surface area contributed by atoms with Crippen LogP contribution in [0.2, 0.25) is 0 Å². The fraction of sp³-hybridized carbons (Fsp3) is 0.276. The van der Waals surface area contributed by atoms with Gasteiger partial charge in [0.2, 0.25) is 11.8 Å². The van der Waals surface area contributed by atoms with Crippen LogP contribution in [0.25, 0.3) is 17.0 Å². The fourth-order valence-electron chi connectivity index (χ4n) is 5.28. The van der Waals surface area contributed by atoms with E-state index in [1.54, 1.807) is 24.7 Å². The van der Waals surface area contributed by atoms with Crippen molar-refractivity contribution in [2.45, 2.75) is 45.7 Å². The number of nitrogens with zero attached hydrogens (tertiary/aromatic N) is 7. The Hall–Kier alpha value is -4.19. The molecule has 3 aromatic heterocycles. The third-order valence-electron chi connectivity index (χ3n) is 7.34. The highest BCUT2D eigenvalue weighted by molar-refractivity contribution is 9.10. The monoisotopic (exact) mass is 621 g/mol. The number of likely N-dealkylation sites (tertiary alicyclic amines) is 1. The van der Waals surface area contributed by atoms with E-state index in [1.165, 1.54) is 16.8 Å². The highest BCUT2D eigenvalue weighted by atomic mass is 79.9. The molecule has 0 spiro atoms. The number of aryl methyl sites for hydroxylation is 1. The van der Waals surface area contributed by atoms with Gasteiger partial charge in [0.15, 0.2) is 11.6 Å². The minimum Gasteiger partial charge on any atom is -0.439 e. The number of carbonyl (C=O) groups is 1. The van der Waals surface area contributed by atoms with E-state index < -0.39 is 11.6 Å². The number of rotatable bonds is 7. The Kier molecular flexibility index (Phi) is 7.24. The van der Waals surface area contributed by atoms with Gasteiger partial charge in [0.1, 0.15) is 23.7 Å². The van der Waals surface area contributed by atoms with Gasteiger partial charge in [0, 0.05) is 33.9 Å². The molecule has 0 aliphatic carbocycles. The van der Waals surface area contributed by atoms with Crippen molar-refractivity contribution in [1.29, 1.82) is 0 Å². The normalized spacial score (nSPS) is 15.1. The van der Waals surface area contributed by atoms with Crippen LogP contribution in [0.5, 0.6) is 0 Å². The van der Waals surface area contributed by atoms with Crippen LogP contribution in [0.4, 0.5) is 8.78 Å².